The largest absolute Gasteiger partial charge is 0.259 e. The van der Waals surface area contributed by atoms with Gasteiger partial charge in [-0.25, -0.2) is 9.50 Å². The Morgan fingerprint density at radius 2 is 2.00 bits per heavy atom. The molecule has 13 heavy (non-hydrogen) atoms. The van der Waals surface area contributed by atoms with Crippen LogP contribution in [0.25, 0.3) is 5.65 Å². The molecule has 2 rings (SSSR count). The van der Waals surface area contributed by atoms with Gasteiger partial charge < -0.3 is 0 Å². The zero-order chi connectivity index (χ0) is 9.47. The number of fused-ring (bicyclic) bond motifs is 1. The van der Waals surface area contributed by atoms with Gasteiger partial charge in [0.25, 0.3) is 0 Å². The summed E-state index contributed by atoms with van der Waals surface area (Å²) in [6.45, 7) is 6.39. The van der Waals surface area contributed by atoms with E-state index in [-0.39, 0.29) is 5.41 Å². The molecule has 2 heterocycles. The maximum atomic E-state index is 4.15. The monoisotopic (exact) mass is 176 g/mol. The molecule has 0 fully saturated rings. The molecule has 0 atom stereocenters. The molecule has 0 saturated carbocycles. The molecule has 4 nitrogen and oxygen atoms in total. The molecule has 0 aliphatic rings. The van der Waals surface area contributed by atoms with Gasteiger partial charge in [0, 0.05) is 11.6 Å². The van der Waals surface area contributed by atoms with Crippen molar-refractivity contribution in [2.75, 3.05) is 0 Å². The number of hydrogen-bond donors (Lipinski definition) is 0. The van der Waals surface area contributed by atoms with Crippen LogP contribution < -0.4 is 0 Å². The van der Waals surface area contributed by atoms with E-state index < -0.39 is 0 Å². The van der Waals surface area contributed by atoms with E-state index in [2.05, 4.69) is 35.8 Å². The van der Waals surface area contributed by atoms with Crippen molar-refractivity contribution < 1.29 is 0 Å². The van der Waals surface area contributed by atoms with Gasteiger partial charge in [-0.3, -0.25) is 4.98 Å². The highest BCUT2D eigenvalue weighted by molar-refractivity contribution is 5.35. The first-order valence-corrected chi connectivity index (χ1v) is 4.23. The Balaban J connectivity index is 2.75. The molecule has 0 N–H and O–H groups in total. The summed E-state index contributed by atoms with van der Waals surface area (Å²) in [4.78, 5) is 8.21. The third-order valence-corrected chi connectivity index (χ3v) is 1.96. The lowest BCUT2D eigenvalue weighted by Crippen LogP contribution is -2.17. The van der Waals surface area contributed by atoms with E-state index in [4.69, 9.17) is 0 Å². The molecule has 0 unspecified atom stereocenters. The van der Waals surface area contributed by atoms with Crippen molar-refractivity contribution in [3.05, 3.63) is 24.4 Å². The Hall–Kier alpha value is -1.45. The van der Waals surface area contributed by atoms with Crippen LogP contribution in [-0.4, -0.2) is 19.6 Å². The van der Waals surface area contributed by atoms with Crippen molar-refractivity contribution in [3.63, 3.8) is 0 Å². The third-order valence-electron chi connectivity index (χ3n) is 1.96. The molecule has 4 heteroatoms. The van der Waals surface area contributed by atoms with Crippen molar-refractivity contribution in [1.29, 1.82) is 0 Å². The number of aromatic nitrogens is 4. The molecular weight excluding hydrogens is 164 g/mol. The number of nitrogens with zero attached hydrogens (tertiary/aromatic N) is 4. The lowest BCUT2D eigenvalue weighted by molar-refractivity contribution is 0.545. The number of hydrogen-bond acceptors (Lipinski definition) is 3. The Labute approximate surface area is 76.6 Å². The van der Waals surface area contributed by atoms with Gasteiger partial charge in [0.15, 0.2) is 5.65 Å². The Morgan fingerprint density at radius 3 is 2.69 bits per heavy atom. The minimum absolute atomic E-state index is 0.0419. The van der Waals surface area contributed by atoms with E-state index in [9.17, 15) is 0 Å². The molecule has 0 aliphatic heterocycles. The molecule has 0 spiro atoms. The average molecular weight is 176 g/mol. The Bertz CT molecular complexity index is 424. The molecule has 0 aromatic carbocycles. The zero-order valence-corrected chi connectivity index (χ0v) is 8.02. The molecule has 0 radical (unpaired) electrons. The zero-order valence-electron chi connectivity index (χ0n) is 8.02. The van der Waals surface area contributed by atoms with E-state index in [1.54, 1.807) is 12.5 Å². The van der Waals surface area contributed by atoms with Crippen LogP contribution >= 0.6 is 0 Å². The molecular formula is C9H12N4. The molecule has 0 bridgehead atoms. The summed E-state index contributed by atoms with van der Waals surface area (Å²) < 4.78 is 1.83. The normalized spacial score (nSPS) is 12.2. The van der Waals surface area contributed by atoms with Crippen LogP contribution in [0.2, 0.25) is 0 Å². The van der Waals surface area contributed by atoms with E-state index in [0.717, 1.165) is 11.3 Å². The minimum Gasteiger partial charge on any atom is -0.259 e. The van der Waals surface area contributed by atoms with Gasteiger partial charge in [-0.1, -0.05) is 20.8 Å². The standard InChI is InChI=1S/C9H12N4/c1-9(2,3)7-4-10-5-8-11-6-12-13(7)8/h4-6H,1-3H3. The van der Waals surface area contributed by atoms with Crippen LogP contribution in [0.3, 0.4) is 0 Å². The molecule has 0 aliphatic carbocycles. The highest BCUT2D eigenvalue weighted by Crippen LogP contribution is 2.20. The fraction of sp³-hybridized carbons (Fsp3) is 0.444. The van der Waals surface area contributed by atoms with Crippen molar-refractivity contribution in [2.24, 2.45) is 0 Å². The van der Waals surface area contributed by atoms with E-state index >= 15 is 0 Å². The van der Waals surface area contributed by atoms with Gasteiger partial charge in [-0.05, 0) is 0 Å². The highest BCUT2D eigenvalue weighted by atomic mass is 15.3. The second-order valence-electron chi connectivity index (χ2n) is 4.07. The van der Waals surface area contributed by atoms with Gasteiger partial charge in [0.1, 0.15) is 6.33 Å². The minimum atomic E-state index is 0.0419. The van der Waals surface area contributed by atoms with Gasteiger partial charge in [0.05, 0.1) is 11.9 Å². The summed E-state index contributed by atoms with van der Waals surface area (Å²) in [5.74, 6) is 0. The van der Waals surface area contributed by atoms with Crippen LogP contribution in [0.1, 0.15) is 26.5 Å². The third kappa shape index (κ3) is 1.28. The quantitative estimate of drug-likeness (QED) is 0.609. The molecule has 0 saturated heterocycles. The predicted octanol–water partition coefficient (Wildman–Crippen LogP) is 1.42. The van der Waals surface area contributed by atoms with E-state index in [0.29, 0.717) is 0 Å². The van der Waals surface area contributed by atoms with Crippen molar-refractivity contribution >= 4 is 5.65 Å². The average Bonchev–Trinajstić information content (AvgIpc) is 2.48. The second kappa shape index (κ2) is 2.52. The summed E-state index contributed by atoms with van der Waals surface area (Å²) in [6, 6.07) is 0. The first-order chi connectivity index (χ1) is 6.09. The van der Waals surface area contributed by atoms with Crippen LogP contribution in [0.15, 0.2) is 18.7 Å². The lowest BCUT2D eigenvalue weighted by Gasteiger charge is -2.18. The van der Waals surface area contributed by atoms with Gasteiger partial charge >= 0.3 is 0 Å². The van der Waals surface area contributed by atoms with Crippen molar-refractivity contribution in [1.82, 2.24) is 19.6 Å². The summed E-state index contributed by atoms with van der Waals surface area (Å²) >= 11 is 0. The maximum absolute atomic E-state index is 4.15. The molecule has 68 valence electrons. The second-order valence-corrected chi connectivity index (χ2v) is 4.07. The smallest absolute Gasteiger partial charge is 0.173 e. The summed E-state index contributed by atoms with van der Waals surface area (Å²) in [5.41, 5.74) is 1.91. The highest BCUT2D eigenvalue weighted by Gasteiger charge is 2.18. The molecule has 2 aromatic rings. The molecule has 0 amide bonds. The molecule has 2 aromatic heterocycles. The SMILES string of the molecule is CC(C)(C)c1cncc2ncnn12. The van der Waals surface area contributed by atoms with E-state index in [1.165, 1.54) is 0 Å². The topological polar surface area (TPSA) is 43.1 Å². The fourth-order valence-corrected chi connectivity index (χ4v) is 1.26. The maximum Gasteiger partial charge on any atom is 0.173 e. The predicted molar refractivity (Wildman–Crippen MR) is 49.5 cm³/mol. The summed E-state index contributed by atoms with van der Waals surface area (Å²) in [6.07, 6.45) is 5.09. The Kier molecular flexibility index (Phi) is 1.58. The van der Waals surface area contributed by atoms with Crippen molar-refractivity contribution in [2.45, 2.75) is 26.2 Å². The first kappa shape index (κ1) is 8.16. The number of rotatable bonds is 0. The van der Waals surface area contributed by atoms with E-state index in [1.807, 2.05) is 10.7 Å². The van der Waals surface area contributed by atoms with Crippen LogP contribution in [0.4, 0.5) is 0 Å². The summed E-state index contributed by atoms with van der Waals surface area (Å²) in [5, 5.41) is 4.15. The lowest BCUT2D eigenvalue weighted by atomic mass is 9.93. The van der Waals surface area contributed by atoms with Gasteiger partial charge in [0.2, 0.25) is 0 Å². The van der Waals surface area contributed by atoms with Crippen molar-refractivity contribution in [3.8, 4) is 0 Å². The first-order valence-electron chi connectivity index (χ1n) is 4.23. The Morgan fingerprint density at radius 1 is 1.23 bits per heavy atom. The fourth-order valence-electron chi connectivity index (χ4n) is 1.26. The van der Waals surface area contributed by atoms with Crippen LogP contribution in [0.5, 0.6) is 0 Å². The summed E-state index contributed by atoms with van der Waals surface area (Å²) in [7, 11) is 0. The van der Waals surface area contributed by atoms with Gasteiger partial charge in [-0.2, -0.15) is 5.10 Å². The van der Waals surface area contributed by atoms with Gasteiger partial charge in [-0.15, -0.1) is 0 Å². The van der Waals surface area contributed by atoms with Crippen LogP contribution in [0, 0.1) is 0 Å². The van der Waals surface area contributed by atoms with Crippen LogP contribution in [-0.2, 0) is 5.41 Å².